The lowest BCUT2D eigenvalue weighted by Crippen LogP contribution is -2.33. The van der Waals surface area contributed by atoms with E-state index in [4.69, 9.17) is 4.18 Å². The Labute approximate surface area is 136 Å². The number of thioether (sulfide) groups is 1. The summed E-state index contributed by atoms with van der Waals surface area (Å²) in [4.78, 5) is 12.0. The topological polar surface area (TPSA) is 72.5 Å². The van der Waals surface area contributed by atoms with Crippen LogP contribution in [0.25, 0.3) is 0 Å². The number of amides is 1. The third kappa shape index (κ3) is 7.29. The van der Waals surface area contributed by atoms with Gasteiger partial charge < -0.3 is 5.32 Å². The maximum absolute atomic E-state index is 11.4. The van der Waals surface area contributed by atoms with Crippen LogP contribution in [-0.2, 0) is 19.1 Å². The highest BCUT2D eigenvalue weighted by atomic mass is 32.2. The van der Waals surface area contributed by atoms with E-state index in [2.05, 4.69) is 5.32 Å². The summed E-state index contributed by atoms with van der Waals surface area (Å²) in [5.74, 6) is 0.408. The van der Waals surface area contributed by atoms with Crippen molar-refractivity contribution in [1.82, 2.24) is 0 Å². The standard InChI is InChI=1S/C15H23NO4S2/c1-11(17)16-12-6-8-13(9-7-12)21-10-14(15(2,3)4)20-22(5,18)19/h6-9,14H,10H2,1-5H3,(H,16,17). The molecule has 5 nitrogen and oxygen atoms in total. The summed E-state index contributed by atoms with van der Waals surface area (Å²) in [6.07, 6.45) is 0.654. The minimum atomic E-state index is -3.49. The monoisotopic (exact) mass is 345 g/mol. The van der Waals surface area contributed by atoms with Crippen LogP contribution in [0.3, 0.4) is 0 Å². The van der Waals surface area contributed by atoms with Gasteiger partial charge >= 0.3 is 0 Å². The van der Waals surface area contributed by atoms with Crippen molar-refractivity contribution < 1.29 is 17.4 Å². The van der Waals surface area contributed by atoms with Crippen LogP contribution in [0.2, 0.25) is 0 Å². The molecule has 0 aliphatic heterocycles. The van der Waals surface area contributed by atoms with Crippen LogP contribution in [-0.4, -0.2) is 32.4 Å². The number of hydrogen-bond acceptors (Lipinski definition) is 5. The van der Waals surface area contributed by atoms with Gasteiger partial charge in [-0.1, -0.05) is 20.8 Å². The second kappa shape index (κ2) is 7.48. The Morgan fingerprint density at radius 1 is 1.27 bits per heavy atom. The third-order valence-corrected chi connectivity index (χ3v) is 4.49. The summed E-state index contributed by atoms with van der Waals surface area (Å²) in [6, 6.07) is 7.40. The lowest BCUT2D eigenvalue weighted by atomic mass is 9.90. The van der Waals surface area contributed by atoms with Gasteiger partial charge in [0.2, 0.25) is 5.91 Å². The molecular formula is C15H23NO4S2. The van der Waals surface area contributed by atoms with Gasteiger partial charge in [0.25, 0.3) is 10.1 Å². The van der Waals surface area contributed by atoms with Crippen molar-refractivity contribution in [1.29, 1.82) is 0 Å². The van der Waals surface area contributed by atoms with Crippen LogP contribution >= 0.6 is 11.8 Å². The van der Waals surface area contributed by atoms with E-state index in [0.717, 1.165) is 16.8 Å². The van der Waals surface area contributed by atoms with E-state index in [-0.39, 0.29) is 11.3 Å². The van der Waals surface area contributed by atoms with E-state index in [1.165, 1.54) is 18.7 Å². The molecule has 0 aliphatic carbocycles. The number of hydrogen-bond donors (Lipinski definition) is 1. The van der Waals surface area contributed by atoms with E-state index in [0.29, 0.717) is 5.75 Å². The Balaban J connectivity index is 2.70. The largest absolute Gasteiger partial charge is 0.326 e. The minimum absolute atomic E-state index is 0.116. The van der Waals surface area contributed by atoms with Crippen LogP contribution in [0.5, 0.6) is 0 Å². The second-order valence-corrected chi connectivity index (χ2v) is 8.87. The first-order valence-corrected chi connectivity index (χ1v) is 9.66. The molecule has 22 heavy (non-hydrogen) atoms. The van der Waals surface area contributed by atoms with Crippen LogP contribution < -0.4 is 5.32 Å². The first-order chi connectivity index (χ1) is 9.97. The summed E-state index contributed by atoms with van der Waals surface area (Å²) in [7, 11) is -3.49. The average molecular weight is 345 g/mol. The predicted molar refractivity (Wildman–Crippen MR) is 90.6 cm³/mol. The fraction of sp³-hybridized carbons (Fsp3) is 0.533. The molecule has 1 aromatic carbocycles. The molecule has 0 saturated heterocycles. The van der Waals surface area contributed by atoms with Crippen molar-refractivity contribution in [2.24, 2.45) is 5.41 Å². The Hall–Kier alpha value is -1.05. The molecule has 1 aromatic rings. The Morgan fingerprint density at radius 3 is 2.23 bits per heavy atom. The van der Waals surface area contributed by atoms with Gasteiger partial charge in [-0.25, -0.2) is 0 Å². The van der Waals surface area contributed by atoms with Crippen molar-refractivity contribution >= 4 is 33.5 Å². The quantitative estimate of drug-likeness (QED) is 0.633. The van der Waals surface area contributed by atoms with Gasteiger partial charge in [0.1, 0.15) is 0 Å². The van der Waals surface area contributed by atoms with E-state index < -0.39 is 16.2 Å². The highest BCUT2D eigenvalue weighted by Crippen LogP contribution is 2.30. The molecule has 0 heterocycles. The molecule has 0 saturated carbocycles. The molecule has 124 valence electrons. The Morgan fingerprint density at radius 2 is 1.82 bits per heavy atom. The van der Waals surface area contributed by atoms with Gasteiger partial charge in [-0.2, -0.15) is 8.42 Å². The van der Waals surface area contributed by atoms with Crippen molar-refractivity contribution in [2.45, 2.75) is 38.7 Å². The number of benzene rings is 1. The zero-order valence-corrected chi connectivity index (χ0v) is 15.2. The third-order valence-electron chi connectivity index (χ3n) is 2.83. The maximum atomic E-state index is 11.4. The fourth-order valence-corrected chi connectivity index (χ4v) is 3.75. The van der Waals surface area contributed by atoms with Gasteiger partial charge in [-0.15, -0.1) is 11.8 Å². The SMILES string of the molecule is CC(=O)Nc1ccc(SCC(OS(C)(=O)=O)C(C)(C)C)cc1. The molecule has 1 atom stereocenters. The van der Waals surface area contributed by atoms with E-state index in [9.17, 15) is 13.2 Å². The average Bonchev–Trinajstić information content (AvgIpc) is 2.33. The minimum Gasteiger partial charge on any atom is -0.326 e. The number of rotatable bonds is 6. The molecule has 0 spiro atoms. The Kier molecular flexibility index (Phi) is 6.46. The Bertz CT molecular complexity index is 603. The van der Waals surface area contributed by atoms with Crippen molar-refractivity contribution in [3.8, 4) is 0 Å². The molecule has 7 heteroatoms. The van der Waals surface area contributed by atoms with Crippen LogP contribution in [0.15, 0.2) is 29.2 Å². The first-order valence-electron chi connectivity index (χ1n) is 6.86. The zero-order valence-electron chi connectivity index (χ0n) is 13.5. The highest BCUT2D eigenvalue weighted by molar-refractivity contribution is 7.99. The number of anilines is 1. The normalized spacial score (nSPS) is 13.7. The van der Waals surface area contributed by atoms with E-state index in [1.807, 2.05) is 45.0 Å². The lowest BCUT2D eigenvalue weighted by Gasteiger charge is -2.29. The summed E-state index contributed by atoms with van der Waals surface area (Å²) in [5, 5.41) is 2.70. The second-order valence-electron chi connectivity index (χ2n) is 6.17. The van der Waals surface area contributed by atoms with Gasteiger partial charge in [0.05, 0.1) is 12.4 Å². The van der Waals surface area contributed by atoms with Crippen molar-refractivity contribution in [3.63, 3.8) is 0 Å². The number of carbonyl (C=O) groups excluding carboxylic acids is 1. The van der Waals surface area contributed by atoms with Crippen molar-refractivity contribution in [3.05, 3.63) is 24.3 Å². The van der Waals surface area contributed by atoms with Crippen LogP contribution in [0, 0.1) is 5.41 Å². The van der Waals surface area contributed by atoms with Crippen molar-refractivity contribution in [2.75, 3.05) is 17.3 Å². The zero-order chi connectivity index (χ0) is 17.0. The summed E-state index contributed by atoms with van der Waals surface area (Å²) < 4.78 is 27.9. The molecule has 0 aromatic heterocycles. The fourth-order valence-electron chi connectivity index (χ4n) is 1.64. The predicted octanol–water partition coefficient (Wildman–Crippen LogP) is 3.13. The molecule has 1 N–H and O–H groups in total. The van der Waals surface area contributed by atoms with Gasteiger partial charge in [-0.3, -0.25) is 8.98 Å². The molecule has 0 aliphatic rings. The van der Waals surface area contributed by atoms with E-state index in [1.54, 1.807) is 0 Å². The summed E-state index contributed by atoms with van der Waals surface area (Å²) in [6.45, 7) is 7.30. The van der Waals surface area contributed by atoms with E-state index >= 15 is 0 Å². The maximum Gasteiger partial charge on any atom is 0.264 e. The molecule has 1 rings (SSSR count). The molecule has 1 amide bonds. The summed E-state index contributed by atoms with van der Waals surface area (Å²) >= 11 is 1.52. The molecule has 0 radical (unpaired) electrons. The molecule has 0 bridgehead atoms. The van der Waals surface area contributed by atoms with Crippen LogP contribution in [0.1, 0.15) is 27.7 Å². The molecule has 0 fully saturated rings. The first kappa shape index (κ1) is 19.0. The lowest BCUT2D eigenvalue weighted by molar-refractivity contribution is -0.114. The van der Waals surface area contributed by atoms with Gasteiger partial charge in [-0.05, 0) is 29.7 Å². The molecule has 1 unspecified atom stereocenters. The highest BCUT2D eigenvalue weighted by Gasteiger charge is 2.29. The van der Waals surface area contributed by atoms with Gasteiger partial charge in [0.15, 0.2) is 0 Å². The number of carbonyl (C=O) groups is 1. The summed E-state index contributed by atoms with van der Waals surface area (Å²) in [5.41, 5.74) is 0.447. The number of nitrogens with one attached hydrogen (secondary N) is 1. The smallest absolute Gasteiger partial charge is 0.264 e. The molecular weight excluding hydrogens is 322 g/mol. The van der Waals surface area contributed by atoms with Crippen LogP contribution in [0.4, 0.5) is 5.69 Å². The van der Waals surface area contributed by atoms with Gasteiger partial charge in [0, 0.05) is 23.3 Å².